The van der Waals surface area contributed by atoms with Crippen LogP contribution in [0.2, 0.25) is 0 Å². The van der Waals surface area contributed by atoms with Gasteiger partial charge in [-0.25, -0.2) is 4.98 Å². The van der Waals surface area contributed by atoms with E-state index in [1.54, 1.807) is 0 Å². The van der Waals surface area contributed by atoms with Crippen LogP contribution in [0.15, 0.2) is 89.7 Å². The number of nitrogens with zero attached hydrogens (tertiary/aromatic N) is 1. The number of halogens is 1. The van der Waals surface area contributed by atoms with E-state index in [4.69, 9.17) is 0 Å². The van der Waals surface area contributed by atoms with E-state index >= 15 is 0 Å². The van der Waals surface area contributed by atoms with Gasteiger partial charge in [0.25, 0.3) is 0 Å². The molecule has 122 valence electrons. The Balaban J connectivity index is 1.89. The van der Waals surface area contributed by atoms with Crippen molar-refractivity contribution < 1.29 is 0 Å². The monoisotopic (exact) mass is 395 g/mol. The summed E-state index contributed by atoms with van der Waals surface area (Å²) >= 11 is 3.72. The Bertz CT molecular complexity index is 1160. The molecule has 0 aliphatic heterocycles. The zero-order valence-electron chi connectivity index (χ0n) is 13.9. The molecule has 1 spiro atoms. The van der Waals surface area contributed by atoms with Gasteiger partial charge >= 0.3 is 0 Å². The normalized spacial score (nSPS) is 14.7. The second-order valence-corrected chi connectivity index (χ2v) is 7.66. The molecule has 1 heterocycles. The molecule has 6 rings (SSSR count). The molecule has 4 aromatic rings. The Hall–Kier alpha value is -2.71. The molecule has 2 heteroatoms. The first-order valence-electron chi connectivity index (χ1n) is 8.77. The van der Waals surface area contributed by atoms with Crippen molar-refractivity contribution in [1.82, 2.24) is 4.98 Å². The fourth-order valence-corrected chi connectivity index (χ4v) is 5.54. The predicted octanol–water partition coefficient (Wildman–Crippen LogP) is 6.19. The van der Waals surface area contributed by atoms with Gasteiger partial charge in [-0.1, -0.05) is 72.8 Å². The average molecular weight is 396 g/mol. The predicted molar refractivity (Wildman–Crippen MR) is 108 cm³/mol. The van der Waals surface area contributed by atoms with Crippen LogP contribution in [0.1, 0.15) is 22.3 Å². The highest BCUT2D eigenvalue weighted by Crippen LogP contribution is 2.63. The van der Waals surface area contributed by atoms with Gasteiger partial charge in [0.2, 0.25) is 0 Å². The molecule has 3 aromatic carbocycles. The third-order valence-corrected chi connectivity index (χ3v) is 6.46. The van der Waals surface area contributed by atoms with Crippen molar-refractivity contribution in [1.29, 1.82) is 0 Å². The molecule has 0 amide bonds. The first-order chi connectivity index (χ1) is 12.8. The smallest absolute Gasteiger partial charge is 0.114 e. The highest BCUT2D eigenvalue weighted by molar-refractivity contribution is 9.10. The third kappa shape index (κ3) is 1.51. The molecule has 0 saturated heterocycles. The van der Waals surface area contributed by atoms with Crippen LogP contribution in [0.3, 0.4) is 0 Å². The molecule has 26 heavy (non-hydrogen) atoms. The summed E-state index contributed by atoms with van der Waals surface area (Å²) < 4.78 is 0.918. The van der Waals surface area contributed by atoms with E-state index in [0.29, 0.717) is 0 Å². The number of benzene rings is 3. The Kier molecular flexibility index (Phi) is 2.74. The quantitative estimate of drug-likeness (QED) is 0.279. The van der Waals surface area contributed by atoms with Crippen molar-refractivity contribution in [2.75, 3.05) is 0 Å². The van der Waals surface area contributed by atoms with Crippen LogP contribution >= 0.6 is 15.9 Å². The number of hydrogen-bond donors (Lipinski definition) is 0. The molecule has 2 aliphatic rings. The van der Waals surface area contributed by atoms with Gasteiger partial charge in [0.05, 0.1) is 5.41 Å². The van der Waals surface area contributed by atoms with Crippen LogP contribution in [-0.2, 0) is 5.41 Å². The maximum Gasteiger partial charge on any atom is 0.114 e. The van der Waals surface area contributed by atoms with E-state index in [9.17, 15) is 0 Å². The van der Waals surface area contributed by atoms with E-state index in [1.165, 1.54) is 44.5 Å². The third-order valence-electron chi connectivity index (χ3n) is 5.86. The van der Waals surface area contributed by atoms with E-state index in [1.807, 2.05) is 6.20 Å². The molecule has 1 nitrogen and oxygen atoms in total. The minimum atomic E-state index is -0.259. The van der Waals surface area contributed by atoms with Crippen molar-refractivity contribution in [3.63, 3.8) is 0 Å². The van der Waals surface area contributed by atoms with E-state index < -0.39 is 0 Å². The zero-order valence-corrected chi connectivity index (χ0v) is 15.5. The Labute approximate surface area is 160 Å². The Morgan fingerprint density at radius 1 is 0.577 bits per heavy atom. The lowest BCUT2D eigenvalue weighted by atomic mass is 9.71. The summed E-state index contributed by atoms with van der Waals surface area (Å²) in [6.45, 7) is 0. The molecule has 2 aliphatic carbocycles. The van der Waals surface area contributed by atoms with Crippen molar-refractivity contribution in [3.05, 3.63) is 112 Å². The largest absolute Gasteiger partial charge is 0.249 e. The zero-order chi connectivity index (χ0) is 17.3. The van der Waals surface area contributed by atoms with Gasteiger partial charge < -0.3 is 0 Å². The van der Waals surface area contributed by atoms with Crippen molar-refractivity contribution >= 4 is 15.9 Å². The molecule has 0 radical (unpaired) electrons. The molecule has 0 fully saturated rings. The van der Waals surface area contributed by atoms with Crippen LogP contribution in [-0.4, -0.2) is 4.98 Å². The molecule has 0 atom stereocenters. The summed E-state index contributed by atoms with van der Waals surface area (Å²) in [6.07, 6.45) is 1.92. The second-order valence-electron chi connectivity index (χ2n) is 6.91. The first kappa shape index (κ1) is 14.5. The summed E-state index contributed by atoms with van der Waals surface area (Å²) in [5, 5.41) is 0. The summed E-state index contributed by atoms with van der Waals surface area (Å²) in [4.78, 5) is 4.53. The van der Waals surface area contributed by atoms with Gasteiger partial charge in [-0.15, -0.1) is 0 Å². The van der Waals surface area contributed by atoms with Gasteiger partial charge in [0.15, 0.2) is 0 Å². The fraction of sp³-hybridized carbons (Fsp3) is 0.0417. The van der Waals surface area contributed by atoms with Crippen LogP contribution in [0, 0.1) is 0 Å². The van der Waals surface area contributed by atoms with Crippen molar-refractivity contribution in [2.45, 2.75) is 5.41 Å². The minimum absolute atomic E-state index is 0.259. The van der Waals surface area contributed by atoms with Crippen LogP contribution < -0.4 is 0 Å². The van der Waals surface area contributed by atoms with Crippen LogP contribution in [0.4, 0.5) is 0 Å². The highest BCUT2D eigenvalue weighted by Gasteiger charge is 2.51. The SMILES string of the molecule is Brc1nccc2c1-c1ccccc1C21c2ccccc2-c2ccccc21. The van der Waals surface area contributed by atoms with E-state index in [-0.39, 0.29) is 5.41 Å². The van der Waals surface area contributed by atoms with Gasteiger partial charge in [-0.3, -0.25) is 0 Å². The van der Waals surface area contributed by atoms with Gasteiger partial charge in [-0.2, -0.15) is 0 Å². The number of aromatic nitrogens is 1. The molecule has 0 saturated carbocycles. The summed E-state index contributed by atoms with van der Waals surface area (Å²) in [6, 6.07) is 28.6. The van der Waals surface area contributed by atoms with Gasteiger partial charge in [0.1, 0.15) is 4.60 Å². The number of rotatable bonds is 0. The summed E-state index contributed by atoms with van der Waals surface area (Å²) in [5.41, 5.74) is 10.3. The first-order valence-corrected chi connectivity index (χ1v) is 9.57. The molecular weight excluding hydrogens is 382 g/mol. The molecular formula is C24H14BrN. The minimum Gasteiger partial charge on any atom is -0.249 e. The highest BCUT2D eigenvalue weighted by atomic mass is 79.9. The molecule has 0 N–H and O–H groups in total. The maximum absolute atomic E-state index is 4.53. The Morgan fingerprint density at radius 2 is 1.08 bits per heavy atom. The summed E-state index contributed by atoms with van der Waals surface area (Å²) in [7, 11) is 0. The van der Waals surface area contributed by atoms with Crippen LogP contribution in [0.25, 0.3) is 22.3 Å². The fourth-order valence-electron chi connectivity index (χ4n) is 4.99. The molecule has 0 unspecified atom stereocenters. The standard InChI is InChI=1S/C24H14BrN/c25-23-22-17-9-3-6-12-20(17)24(21(22)13-14-26-23)18-10-4-1-7-15(18)16-8-2-5-11-19(16)24/h1-14H. The second kappa shape index (κ2) is 4.93. The molecule has 1 aromatic heterocycles. The lowest BCUT2D eigenvalue weighted by Gasteiger charge is -2.30. The lowest BCUT2D eigenvalue weighted by Crippen LogP contribution is -2.25. The van der Waals surface area contributed by atoms with Crippen molar-refractivity contribution in [2.24, 2.45) is 0 Å². The number of hydrogen-bond acceptors (Lipinski definition) is 1. The number of fused-ring (bicyclic) bond motifs is 10. The summed E-state index contributed by atoms with van der Waals surface area (Å²) in [5.74, 6) is 0. The lowest BCUT2D eigenvalue weighted by molar-refractivity contribution is 0.791. The van der Waals surface area contributed by atoms with Crippen LogP contribution in [0.5, 0.6) is 0 Å². The topological polar surface area (TPSA) is 12.9 Å². The van der Waals surface area contributed by atoms with Crippen molar-refractivity contribution in [3.8, 4) is 22.3 Å². The van der Waals surface area contributed by atoms with Gasteiger partial charge in [-0.05, 0) is 60.9 Å². The maximum atomic E-state index is 4.53. The molecule has 0 bridgehead atoms. The average Bonchev–Trinajstić information content (AvgIpc) is 3.16. The van der Waals surface area contributed by atoms with Gasteiger partial charge in [0, 0.05) is 11.8 Å². The Morgan fingerprint density at radius 3 is 1.69 bits per heavy atom. The van der Waals surface area contributed by atoms with E-state index in [2.05, 4.69) is 99.8 Å². The van der Waals surface area contributed by atoms with E-state index in [0.717, 1.165) is 4.60 Å². The number of pyridine rings is 1.